The van der Waals surface area contributed by atoms with Gasteiger partial charge in [0.05, 0.1) is 12.1 Å². The number of nitrogens with one attached hydrogen (secondary N) is 19. The summed E-state index contributed by atoms with van der Waals surface area (Å²) in [6.45, 7) is 6.03. The van der Waals surface area contributed by atoms with Crippen molar-refractivity contribution in [2.24, 2.45) is 39.8 Å². The normalized spacial score (nSPS) is 14.5. The van der Waals surface area contributed by atoms with E-state index in [1.165, 1.54) is 0 Å². The van der Waals surface area contributed by atoms with Gasteiger partial charge in [-0.1, -0.05) is 69.3 Å². The van der Waals surface area contributed by atoms with Gasteiger partial charge in [0.1, 0.15) is 60.4 Å². The number of carboxylic acid groups (broad SMARTS) is 1. The van der Waals surface area contributed by atoms with Gasteiger partial charge in [0.15, 0.2) is 23.8 Å². The first kappa shape index (κ1) is 89.5. The molecule has 0 unspecified atom stereocenters. The number of aliphatic hydroxyl groups is 1. The largest absolute Gasteiger partial charge is 0.480 e. The van der Waals surface area contributed by atoms with Crippen molar-refractivity contribution in [1.29, 1.82) is 21.6 Å². The predicted octanol–water partition coefficient (Wildman–Crippen LogP) is -6.18. The molecule has 3 aromatic rings. The summed E-state index contributed by atoms with van der Waals surface area (Å²) in [5.74, 6) is -14.3. The average Bonchev–Trinajstić information content (AvgIpc) is 1.72. The number of fused-ring (bicyclic) bond motifs is 1. The van der Waals surface area contributed by atoms with E-state index >= 15 is 9.59 Å². The lowest BCUT2D eigenvalue weighted by atomic mass is 9.86. The topological polar surface area (TPSA) is 681 Å². The minimum Gasteiger partial charge on any atom is -0.480 e. The number of primary amides is 1. The summed E-state index contributed by atoms with van der Waals surface area (Å²) in [4.78, 5) is 171. The number of thiol groups is 2. The second kappa shape index (κ2) is 45.5. The fourth-order valence-electron chi connectivity index (χ4n) is 10.5. The first-order valence-electron chi connectivity index (χ1n) is 34.1. The molecule has 0 aliphatic carbocycles. The predicted molar refractivity (Wildman–Crippen MR) is 401 cm³/mol. The van der Waals surface area contributed by atoms with Crippen LogP contribution in [-0.2, 0) is 70.4 Å². The molecule has 0 radical (unpaired) electrons. The van der Waals surface area contributed by atoms with Crippen molar-refractivity contribution in [3.05, 3.63) is 71.9 Å². The van der Waals surface area contributed by atoms with Crippen molar-refractivity contribution in [3.63, 3.8) is 0 Å². The van der Waals surface area contributed by atoms with Crippen molar-refractivity contribution in [1.82, 2.24) is 79.4 Å². The highest BCUT2D eigenvalue weighted by Crippen LogP contribution is 2.22. The van der Waals surface area contributed by atoms with Gasteiger partial charge in [0.2, 0.25) is 65.0 Å². The van der Waals surface area contributed by atoms with Crippen molar-refractivity contribution in [3.8, 4) is 0 Å². The van der Waals surface area contributed by atoms with Crippen molar-refractivity contribution >= 4 is 131 Å². The number of amides is 11. The zero-order valence-corrected chi connectivity index (χ0v) is 61.4. The van der Waals surface area contributed by atoms with E-state index in [4.69, 9.17) is 56.0 Å². The molecule has 0 saturated carbocycles. The number of carbonyl (C=O) groups is 12. The monoisotopic (exact) mass is 1520 g/mol. The molecule has 0 bridgehead atoms. The molecule has 12 atom stereocenters. The fourth-order valence-corrected chi connectivity index (χ4v) is 11.0. The fraction of sp³-hybridized carbons (Fsp3) is 0.538. The summed E-state index contributed by atoms with van der Waals surface area (Å²) < 4.78 is 0. The van der Waals surface area contributed by atoms with E-state index in [9.17, 15) is 58.2 Å². The van der Waals surface area contributed by atoms with Crippen LogP contribution in [0.4, 0.5) is 0 Å². The molecule has 11 amide bonds. The number of aliphatic hydroxyl groups excluding tert-OH is 1. The van der Waals surface area contributed by atoms with E-state index in [1.807, 2.05) is 0 Å². The van der Waals surface area contributed by atoms with Crippen LogP contribution in [0.1, 0.15) is 103 Å². The number of carbonyl (C=O) groups excluding carboxylic acids is 11. The third kappa shape index (κ3) is 32.5. The highest BCUT2D eigenvalue weighted by Gasteiger charge is 2.39. The third-order valence-electron chi connectivity index (χ3n) is 16.2. The van der Waals surface area contributed by atoms with Crippen LogP contribution in [0, 0.1) is 27.1 Å². The SMILES string of the molecule is C[C@@H](O)[C@H](NC(=O)[C@H](CS)NC(=O)[C@H](CCC(N)=O)NC(=O)[C@H](Cc1c[nH]c2ccccc12)NC(=O)[C@H](Cc1ccccc1)NC(=O)[C@H](CCCNC(=N)N)NC(=O)[C@H](CCCNC(=N)N)NC(=O)[C@H](CCCNC(=N)N)NC(=O)[C@@H](N)CS)C(=O)N[C@@H](CCCNC(=N)N)C(=O)N[C@H](C(=O)O)C(C)(C)C. The van der Waals surface area contributed by atoms with E-state index in [2.05, 4.69) is 105 Å². The van der Waals surface area contributed by atoms with Crippen LogP contribution in [-0.4, -0.2) is 220 Å². The molecule has 0 spiro atoms. The quantitative estimate of drug-likeness (QED) is 0.0108. The third-order valence-corrected chi connectivity index (χ3v) is 17.0. The number of aromatic nitrogens is 1. The molecule has 0 aliphatic heterocycles. The van der Waals surface area contributed by atoms with Crippen LogP contribution in [0.2, 0.25) is 0 Å². The van der Waals surface area contributed by atoms with Crippen molar-refractivity contribution in [2.45, 2.75) is 177 Å². The van der Waals surface area contributed by atoms with Gasteiger partial charge in [-0.15, -0.1) is 0 Å². The van der Waals surface area contributed by atoms with Gasteiger partial charge in [-0.05, 0) is 87.3 Å². The molecule has 586 valence electrons. The summed E-state index contributed by atoms with van der Waals surface area (Å²) in [5.41, 5.74) is 34.0. The van der Waals surface area contributed by atoms with E-state index < -0.39 is 185 Å². The van der Waals surface area contributed by atoms with Crippen LogP contribution >= 0.6 is 25.3 Å². The second-order valence-corrected chi connectivity index (χ2v) is 26.8. The molecular formula is C65H105N25O14S2. The molecule has 0 aliphatic rings. The number of para-hydroxylation sites is 1. The summed E-state index contributed by atoms with van der Waals surface area (Å²) in [6.07, 6.45) is -1.83. The highest BCUT2D eigenvalue weighted by molar-refractivity contribution is 7.80. The highest BCUT2D eigenvalue weighted by atomic mass is 32.1. The smallest absolute Gasteiger partial charge is 0.326 e. The number of guanidine groups is 4. The lowest BCUT2D eigenvalue weighted by Gasteiger charge is -2.31. The maximum atomic E-state index is 15.2. The summed E-state index contributed by atoms with van der Waals surface area (Å²) in [6, 6.07) is -1.58. The Morgan fingerprint density at radius 1 is 0.462 bits per heavy atom. The minimum atomic E-state index is -1.85. The van der Waals surface area contributed by atoms with Gasteiger partial charge in [-0.25, -0.2) is 4.79 Å². The number of hydrogen-bond donors (Lipinski definition) is 29. The molecule has 2 aromatic carbocycles. The Labute approximate surface area is 623 Å². The molecule has 0 saturated heterocycles. The molecule has 39 nitrogen and oxygen atoms in total. The van der Waals surface area contributed by atoms with Crippen LogP contribution in [0.3, 0.4) is 0 Å². The van der Waals surface area contributed by atoms with Crippen LogP contribution in [0.15, 0.2) is 60.8 Å². The molecule has 1 aromatic heterocycles. The Bertz CT molecular complexity index is 3530. The van der Waals surface area contributed by atoms with E-state index in [-0.39, 0.29) is 102 Å². The summed E-state index contributed by atoms with van der Waals surface area (Å²) in [7, 11) is 0. The van der Waals surface area contributed by atoms with Gasteiger partial charge in [0.25, 0.3) is 0 Å². The first-order valence-corrected chi connectivity index (χ1v) is 35.3. The number of rotatable bonds is 47. The molecule has 3 rings (SSSR count). The number of benzene rings is 2. The lowest BCUT2D eigenvalue weighted by molar-refractivity contribution is -0.145. The number of nitrogens with two attached hydrogens (primary N) is 6. The Morgan fingerprint density at radius 3 is 1.22 bits per heavy atom. The van der Waals surface area contributed by atoms with E-state index in [0.29, 0.717) is 22.0 Å². The van der Waals surface area contributed by atoms with Gasteiger partial charge in [0, 0.05) is 74.0 Å². The van der Waals surface area contributed by atoms with Gasteiger partial charge < -0.3 is 124 Å². The van der Waals surface area contributed by atoms with Crippen LogP contribution in [0.25, 0.3) is 10.9 Å². The zero-order valence-electron chi connectivity index (χ0n) is 59.6. The first-order chi connectivity index (χ1) is 49.9. The molecule has 33 N–H and O–H groups in total. The summed E-state index contributed by atoms with van der Waals surface area (Å²) >= 11 is 8.35. The minimum absolute atomic E-state index is 0.00749. The van der Waals surface area contributed by atoms with Gasteiger partial charge in [-0.2, -0.15) is 25.3 Å². The van der Waals surface area contributed by atoms with E-state index in [1.54, 1.807) is 81.6 Å². The van der Waals surface area contributed by atoms with Gasteiger partial charge in [-0.3, -0.25) is 74.4 Å². The maximum Gasteiger partial charge on any atom is 0.326 e. The molecule has 0 fully saturated rings. The van der Waals surface area contributed by atoms with Gasteiger partial charge >= 0.3 is 5.97 Å². The number of aliphatic carboxylic acids is 1. The molecule has 106 heavy (non-hydrogen) atoms. The summed E-state index contributed by atoms with van der Waals surface area (Å²) in [5, 5.41) is 87.7. The lowest BCUT2D eigenvalue weighted by Crippen LogP contribution is -2.62. The number of hydrogen-bond acceptors (Lipinski definition) is 20. The Hall–Kier alpha value is -10.7. The Balaban J connectivity index is 2.10. The van der Waals surface area contributed by atoms with E-state index in [0.717, 1.165) is 6.92 Å². The van der Waals surface area contributed by atoms with Crippen molar-refractivity contribution in [2.75, 3.05) is 37.7 Å². The van der Waals surface area contributed by atoms with Crippen molar-refractivity contribution < 1.29 is 67.7 Å². The number of H-pyrrole nitrogens is 1. The standard InChI is InChI=1S/C65H105N25O14S2/c1-33(91)48(59(102)85-42(21-13-27-79-64(74)75)55(98)90-49(60(103)104)65(2,3)4)89-58(101)46(32-106)88-54(97)43(22-23-47(67)92)84-57(100)45(29-35-30-80-38-17-9-8-16-36(35)38)87-56(99)44(28-34-14-6-5-7-15-34)86-53(96)41(20-12-26-78-63(72)73)83-52(95)40(19-11-25-77-62(70)71)82-51(94)39(18-10-24-76-61(68)69)81-50(93)37(66)31-105/h5-9,14-17,30,33,37,39-46,48-49,80,91,105-106H,10-13,18-29,31-32,66H2,1-4H3,(H2,67,92)(H,81,93)(H,82,94)(H,83,95)(H,84,100)(H,85,102)(H,86,96)(H,87,99)(H,88,97)(H,89,101)(H,90,98)(H,103,104)(H4,68,69,76)(H4,70,71,77)(H4,72,73,78)(H4,74,75,79)/t33-,37+,39+,40+,41+,42+,43+,44+,45+,46+,48+,49-/m1/s1. The Morgan fingerprint density at radius 2 is 0.821 bits per heavy atom. The average molecular weight is 1520 g/mol. The number of carboxylic acids is 1. The second-order valence-electron chi connectivity index (χ2n) is 26.0. The zero-order chi connectivity index (χ0) is 79.4. The van der Waals surface area contributed by atoms with Crippen LogP contribution < -0.4 is 109 Å². The van der Waals surface area contributed by atoms with Crippen LogP contribution in [0.5, 0.6) is 0 Å². The molecular weight excluding hydrogens is 1420 g/mol. The Kier molecular flexibility index (Phi) is 38.5. The molecule has 41 heteroatoms. The maximum absolute atomic E-state index is 15.2. The number of aromatic amines is 1. The molecule has 1 heterocycles.